The Bertz CT molecular complexity index is 652. The molecule has 19 heavy (non-hydrogen) atoms. The second-order valence-electron chi connectivity index (χ2n) is 3.73. The quantitative estimate of drug-likeness (QED) is 0.685. The number of hydrogen-bond acceptors (Lipinski definition) is 2. The van der Waals surface area contributed by atoms with Gasteiger partial charge in [0, 0.05) is 5.33 Å². The molecule has 0 atom stereocenters. The van der Waals surface area contributed by atoms with E-state index >= 15 is 0 Å². The Morgan fingerprint density at radius 3 is 2.63 bits per heavy atom. The Balaban J connectivity index is 2.37. The molecular formula is C14H8Br2FNO. The van der Waals surface area contributed by atoms with Crippen molar-refractivity contribution in [1.82, 2.24) is 0 Å². The Kier molecular flexibility index (Phi) is 4.56. The molecule has 0 aromatic heterocycles. The summed E-state index contributed by atoms with van der Waals surface area (Å²) in [7, 11) is 0. The number of ether oxygens (including phenoxy) is 1. The first-order chi connectivity index (χ1) is 9.15. The molecule has 0 fully saturated rings. The lowest BCUT2D eigenvalue weighted by Gasteiger charge is -2.10. The number of nitrogens with zero attached hydrogens (tertiary/aromatic N) is 1. The van der Waals surface area contributed by atoms with Crippen LogP contribution in [0.4, 0.5) is 4.39 Å². The molecule has 0 radical (unpaired) electrons. The lowest BCUT2D eigenvalue weighted by molar-refractivity contribution is 0.471. The Morgan fingerprint density at radius 2 is 2.00 bits per heavy atom. The third-order valence-electron chi connectivity index (χ3n) is 2.46. The summed E-state index contributed by atoms with van der Waals surface area (Å²) in [6.45, 7) is 0. The normalized spacial score (nSPS) is 10.0. The molecule has 0 aliphatic rings. The molecule has 0 heterocycles. The molecule has 0 spiro atoms. The van der Waals surface area contributed by atoms with Gasteiger partial charge in [0.05, 0.1) is 4.47 Å². The van der Waals surface area contributed by atoms with E-state index in [2.05, 4.69) is 31.9 Å². The van der Waals surface area contributed by atoms with Gasteiger partial charge in [-0.1, -0.05) is 28.1 Å². The topological polar surface area (TPSA) is 33.0 Å². The van der Waals surface area contributed by atoms with Crippen LogP contribution in [0.3, 0.4) is 0 Å². The first-order valence-corrected chi connectivity index (χ1v) is 7.28. The molecule has 2 rings (SSSR count). The maximum atomic E-state index is 13.5. The van der Waals surface area contributed by atoms with E-state index in [4.69, 9.17) is 10.00 Å². The average molecular weight is 385 g/mol. The second-order valence-corrected chi connectivity index (χ2v) is 5.14. The van der Waals surface area contributed by atoms with Crippen molar-refractivity contribution in [3.05, 3.63) is 57.8 Å². The van der Waals surface area contributed by atoms with E-state index in [1.165, 1.54) is 12.1 Å². The average Bonchev–Trinajstić information content (AvgIpc) is 2.41. The molecule has 0 saturated carbocycles. The highest BCUT2D eigenvalue weighted by molar-refractivity contribution is 9.10. The van der Waals surface area contributed by atoms with E-state index in [0.29, 0.717) is 5.75 Å². The van der Waals surface area contributed by atoms with Gasteiger partial charge < -0.3 is 4.74 Å². The van der Waals surface area contributed by atoms with Gasteiger partial charge in [0.15, 0.2) is 0 Å². The number of benzene rings is 2. The fourth-order valence-corrected chi connectivity index (χ4v) is 2.38. The molecule has 0 bridgehead atoms. The van der Waals surface area contributed by atoms with Crippen LogP contribution >= 0.6 is 31.9 Å². The number of hydrogen-bond donors (Lipinski definition) is 0. The Labute approximate surface area is 127 Å². The van der Waals surface area contributed by atoms with Crippen LogP contribution in [0.1, 0.15) is 11.1 Å². The van der Waals surface area contributed by atoms with Crippen LogP contribution in [0.25, 0.3) is 0 Å². The van der Waals surface area contributed by atoms with Crippen LogP contribution in [-0.4, -0.2) is 0 Å². The third-order valence-corrected chi connectivity index (χ3v) is 3.72. The zero-order valence-corrected chi connectivity index (χ0v) is 12.8. The molecule has 0 aliphatic heterocycles. The highest BCUT2D eigenvalue weighted by Gasteiger charge is 2.11. The SMILES string of the molecule is N#Cc1c(F)cccc1Oc1ccc(CBr)cc1Br. The summed E-state index contributed by atoms with van der Waals surface area (Å²) in [6, 6.07) is 11.7. The first-order valence-electron chi connectivity index (χ1n) is 5.36. The van der Waals surface area contributed by atoms with Crippen LogP contribution in [0.2, 0.25) is 0 Å². The van der Waals surface area contributed by atoms with Crippen molar-refractivity contribution in [1.29, 1.82) is 5.26 Å². The van der Waals surface area contributed by atoms with Crippen molar-refractivity contribution < 1.29 is 9.13 Å². The maximum Gasteiger partial charge on any atom is 0.148 e. The molecule has 0 aliphatic carbocycles. The van der Waals surface area contributed by atoms with Crippen molar-refractivity contribution in [3.63, 3.8) is 0 Å². The van der Waals surface area contributed by atoms with Crippen LogP contribution < -0.4 is 4.74 Å². The monoisotopic (exact) mass is 383 g/mol. The van der Waals surface area contributed by atoms with E-state index in [-0.39, 0.29) is 11.3 Å². The van der Waals surface area contributed by atoms with Gasteiger partial charge in [-0.25, -0.2) is 4.39 Å². The fourth-order valence-electron chi connectivity index (χ4n) is 1.53. The van der Waals surface area contributed by atoms with Crippen molar-refractivity contribution in [3.8, 4) is 17.6 Å². The number of halogens is 3. The predicted octanol–water partition coefficient (Wildman–Crippen LogP) is 5.15. The molecule has 0 saturated heterocycles. The fraction of sp³-hybridized carbons (Fsp3) is 0.0714. The summed E-state index contributed by atoms with van der Waals surface area (Å²) >= 11 is 6.75. The molecular weight excluding hydrogens is 377 g/mol. The lowest BCUT2D eigenvalue weighted by atomic mass is 10.2. The molecule has 0 amide bonds. The van der Waals surface area contributed by atoms with Crippen molar-refractivity contribution >= 4 is 31.9 Å². The van der Waals surface area contributed by atoms with Gasteiger partial charge in [0.25, 0.3) is 0 Å². The summed E-state index contributed by atoms with van der Waals surface area (Å²) < 4.78 is 19.8. The summed E-state index contributed by atoms with van der Waals surface area (Å²) in [5, 5.41) is 9.67. The van der Waals surface area contributed by atoms with Gasteiger partial charge in [-0.2, -0.15) is 5.26 Å². The minimum absolute atomic E-state index is 0.0982. The number of alkyl halides is 1. The molecule has 0 unspecified atom stereocenters. The van der Waals surface area contributed by atoms with Gasteiger partial charge in [0.2, 0.25) is 0 Å². The Hall–Kier alpha value is -1.38. The molecule has 2 aromatic carbocycles. The zero-order chi connectivity index (χ0) is 13.8. The minimum Gasteiger partial charge on any atom is -0.455 e. The van der Waals surface area contributed by atoms with Crippen molar-refractivity contribution in [2.45, 2.75) is 5.33 Å². The van der Waals surface area contributed by atoms with E-state index in [0.717, 1.165) is 15.4 Å². The van der Waals surface area contributed by atoms with E-state index in [1.54, 1.807) is 18.2 Å². The summed E-state index contributed by atoms with van der Waals surface area (Å²) in [5.41, 5.74) is 0.984. The summed E-state index contributed by atoms with van der Waals surface area (Å²) in [6.07, 6.45) is 0. The van der Waals surface area contributed by atoms with Crippen LogP contribution in [0, 0.1) is 17.1 Å². The number of rotatable bonds is 3. The molecule has 2 aromatic rings. The highest BCUT2D eigenvalue weighted by atomic mass is 79.9. The third kappa shape index (κ3) is 3.14. The van der Waals surface area contributed by atoms with Crippen molar-refractivity contribution in [2.24, 2.45) is 0 Å². The predicted molar refractivity (Wildman–Crippen MR) is 78.0 cm³/mol. The Morgan fingerprint density at radius 1 is 1.21 bits per heavy atom. The maximum absolute atomic E-state index is 13.5. The highest BCUT2D eigenvalue weighted by Crippen LogP contribution is 2.33. The van der Waals surface area contributed by atoms with E-state index in [1.807, 2.05) is 12.1 Å². The van der Waals surface area contributed by atoms with Gasteiger partial charge in [-0.15, -0.1) is 0 Å². The van der Waals surface area contributed by atoms with Crippen molar-refractivity contribution in [2.75, 3.05) is 0 Å². The van der Waals surface area contributed by atoms with Crippen LogP contribution in [0.15, 0.2) is 40.9 Å². The summed E-state index contributed by atoms with van der Waals surface area (Å²) in [4.78, 5) is 0. The van der Waals surface area contributed by atoms with E-state index in [9.17, 15) is 4.39 Å². The van der Waals surface area contributed by atoms with Gasteiger partial charge in [-0.3, -0.25) is 0 Å². The first kappa shape index (κ1) is 14.0. The van der Waals surface area contributed by atoms with Crippen LogP contribution in [0.5, 0.6) is 11.5 Å². The minimum atomic E-state index is -0.590. The van der Waals surface area contributed by atoms with Gasteiger partial charge in [0.1, 0.15) is 28.9 Å². The van der Waals surface area contributed by atoms with Gasteiger partial charge >= 0.3 is 0 Å². The smallest absolute Gasteiger partial charge is 0.148 e. The van der Waals surface area contributed by atoms with Gasteiger partial charge in [-0.05, 0) is 45.8 Å². The molecule has 2 nitrogen and oxygen atoms in total. The second kappa shape index (κ2) is 6.18. The van der Waals surface area contributed by atoms with Crippen LogP contribution in [-0.2, 0) is 5.33 Å². The van der Waals surface area contributed by atoms with E-state index < -0.39 is 5.82 Å². The molecule has 0 N–H and O–H groups in total. The summed E-state index contributed by atoms with van der Waals surface area (Å²) in [5.74, 6) is 0.148. The standard InChI is InChI=1S/C14H8Br2FNO/c15-7-9-4-5-14(11(16)6-9)19-13-3-1-2-12(17)10(13)8-18/h1-6H,7H2. The molecule has 96 valence electrons. The lowest BCUT2D eigenvalue weighted by Crippen LogP contribution is -1.92. The molecule has 5 heteroatoms. The zero-order valence-electron chi connectivity index (χ0n) is 9.66. The number of nitriles is 1. The largest absolute Gasteiger partial charge is 0.455 e.